The van der Waals surface area contributed by atoms with Crippen molar-refractivity contribution in [1.29, 1.82) is 0 Å². The van der Waals surface area contributed by atoms with Crippen molar-refractivity contribution in [3.05, 3.63) is 23.8 Å². The maximum absolute atomic E-state index is 12.2. The van der Waals surface area contributed by atoms with Gasteiger partial charge in [0.05, 0.1) is 6.61 Å². The van der Waals surface area contributed by atoms with Crippen molar-refractivity contribution in [3.8, 4) is 11.5 Å². The first kappa shape index (κ1) is 25.9. The maximum atomic E-state index is 12.2. The molecular weight excluding hydrogens is 410 g/mol. The number of hydrogen-bond acceptors (Lipinski definition) is 10. The first-order valence-electron chi connectivity index (χ1n) is 9.87. The van der Waals surface area contributed by atoms with Crippen LogP contribution in [0.2, 0.25) is 0 Å². The molecule has 0 saturated carbocycles. The number of carbonyl (C=O) groups excluding carboxylic acids is 4. The largest absolute Gasteiger partial charge is 0.508 e. The van der Waals surface area contributed by atoms with Gasteiger partial charge in [0.15, 0.2) is 11.5 Å². The Morgan fingerprint density at radius 1 is 1.00 bits per heavy atom. The van der Waals surface area contributed by atoms with Crippen LogP contribution in [0.3, 0.4) is 0 Å². The van der Waals surface area contributed by atoms with E-state index >= 15 is 0 Å². The van der Waals surface area contributed by atoms with Gasteiger partial charge in [0, 0.05) is 13.8 Å². The minimum Gasteiger partial charge on any atom is -0.458 e. The molecule has 0 aliphatic heterocycles. The van der Waals surface area contributed by atoms with Gasteiger partial charge in [-0.25, -0.2) is 4.79 Å². The molecule has 1 aromatic carbocycles. The van der Waals surface area contributed by atoms with E-state index in [-0.39, 0.29) is 31.1 Å². The number of unbranched alkanes of at least 4 members (excludes halogenated alkanes) is 1. The van der Waals surface area contributed by atoms with Gasteiger partial charge in [0.25, 0.3) is 0 Å². The van der Waals surface area contributed by atoms with Gasteiger partial charge in [0.2, 0.25) is 0 Å². The number of benzene rings is 1. The van der Waals surface area contributed by atoms with Gasteiger partial charge in [0.1, 0.15) is 18.8 Å². The maximum Gasteiger partial charge on any atom is 0.508 e. The minimum absolute atomic E-state index is 0.0316. The van der Waals surface area contributed by atoms with Crippen LogP contribution in [0.5, 0.6) is 11.5 Å². The highest BCUT2D eigenvalue weighted by molar-refractivity contribution is 5.76. The first-order valence-corrected chi connectivity index (χ1v) is 9.87. The smallest absolute Gasteiger partial charge is 0.458 e. The molecule has 1 rings (SSSR count). The third kappa shape index (κ3) is 10.4. The molecule has 172 valence electrons. The van der Waals surface area contributed by atoms with Crippen molar-refractivity contribution in [2.75, 3.05) is 13.2 Å². The highest BCUT2D eigenvalue weighted by Gasteiger charge is 2.21. The summed E-state index contributed by atoms with van der Waals surface area (Å²) in [5, 5.41) is 0. The molecule has 31 heavy (non-hydrogen) atoms. The molecule has 0 fully saturated rings. The van der Waals surface area contributed by atoms with Gasteiger partial charge in [-0.15, -0.1) is 0 Å². The van der Waals surface area contributed by atoms with E-state index in [0.29, 0.717) is 5.56 Å². The second kappa shape index (κ2) is 13.2. The fourth-order valence-corrected chi connectivity index (χ4v) is 2.34. The molecule has 0 amide bonds. The SMILES string of the molecule is CCCCOC(=O)OC[C@H](C)OC(=O)[C@@H](N)Cc1ccc(OC(C)=O)c(OC(C)=O)c1. The van der Waals surface area contributed by atoms with Crippen LogP contribution in [0.1, 0.15) is 46.1 Å². The Hall–Kier alpha value is -3.14. The Morgan fingerprint density at radius 3 is 2.26 bits per heavy atom. The molecule has 0 saturated heterocycles. The summed E-state index contributed by atoms with van der Waals surface area (Å²) in [5.74, 6) is -1.78. The number of ether oxygens (including phenoxy) is 5. The summed E-state index contributed by atoms with van der Waals surface area (Å²) in [6.45, 7) is 6.03. The molecule has 0 unspecified atom stereocenters. The van der Waals surface area contributed by atoms with Crippen molar-refractivity contribution in [2.24, 2.45) is 5.73 Å². The zero-order valence-electron chi connectivity index (χ0n) is 18.2. The van der Waals surface area contributed by atoms with E-state index in [1.54, 1.807) is 13.0 Å². The molecule has 0 spiro atoms. The fourth-order valence-electron chi connectivity index (χ4n) is 2.34. The highest BCUT2D eigenvalue weighted by Crippen LogP contribution is 2.29. The average molecular weight is 439 g/mol. The predicted molar refractivity (Wildman–Crippen MR) is 109 cm³/mol. The highest BCUT2D eigenvalue weighted by atomic mass is 16.7. The predicted octanol–water partition coefficient (Wildman–Crippen LogP) is 2.29. The van der Waals surface area contributed by atoms with Gasteiger partial charge in [-0.2, -0.15) is 0 Å². The van der Waals surface area contributed by atoms with Crippen LogP contribution >= 0.6 is 0 Å². The Morgan fingerprint density at radius 2 is 1.65 bits per heavy atom. The number of carbonyl (C=O) groups is 4. The van der Waals surface area contributed by atoms with Gasteiger partial charge in [-0.3, -0.25) is 14.4 Å². The molecule has 1 aromatic rings. The average Bonchev–Trinajstić information content (AvgIpc) is 2.67. The number of esters is 3. The molecule has 0 aliphatic carbocycles. The minimum atomic E-state index is -1.02. The Kier molecular flexibility index (Phi) is 11.0. The molecule has 2 N–H and O–H groups in total. The molecule has 0 heterocycles. The lowest BCUT2D eigenvalue weighted by Gasteiger charge is -2.17. The van der Waals surface area contributed by atoms with Crippen LogP contribution in [0.4, 0.5) is 4.79 Å². The van der Waals surface area contributed by atoms with Crippen molar-refractivity contribution >= 4 is 24.1 Å². The second-order valence-electron chi connectivity index (χ2n) is 6.79. The summed E-state index contributed by atoms with van der Waals surface area (Å²) < 4.78 is 24.9. The van der Waals surface area contributed by atoms with Crippen molar-refractivity contribution in [3.63, 3.8) is 0 Å². The summed E-state index contributed by atoms with van der Waals surface area (Å²) in [7, 11) is 0. The summed E-state index contributed by atoms with van der Waals surface area (Å²) >= 11 is 0. The number of rotatable bonds is 11. The second-order valence-corrected chi connectivity index (χ2v) is 6.79. The van der Waals surface area contributed by atoms with Crippen LogP contribution in [-0.2, 0) is 35.0 Å². The first-order chi connectivity index (χ1) is 14.6. The summed E-state index contributed by atoms with van der Waals surface area (Å²) in [5.41, 5.74) is 6.46. The molecule has 0 bridgehead atoms. The lowest BCUT2D eigenvalue weighted by Crippen LogP contribution is -2.37. The number of hydrogen-bond donors (Lipinski definition) is 1. The zero-order chi connectivity index (χ0) is 23.4. The van der Waals surface area contributed by atoms with Gasteiger partial charge in [-0.05, 0) is 37.5 Å². The lowest BCUT2D eigenvalue weighted by molar-refractivity contribution is -0.152. The van der Waals surface area contributed by atoms with Crippen LogP contribution in [-0.4, -0.2) is 49.4 Å². The van der Waals surface area contributed by atoms with Crippen LogP contribution < -0.4 is 15.2 Å². The zero-order valence-corrected chi connectivity index (χ0v) is 18.2. The van der Waals surface area contributed by atoms with Crippen molar-refractivity contribution < 1.29 is 42.9 Å². The molecule has 10 nitrogen and oxygen atoms in total. The molecule has 0 aromatic heterocycles. The van der Waals surface area contributed by atoms with E-state index in [9.17, 15) is 19.2 Å². The summed E-state index contributed by atoms with van der Waals surface area (Å²) in [4.78, 5) is 46.1. The van der Waals surface area contributed by atoms with E-state index in [1.165, 1.54) is 26.0 Å². The van der Waals surface area contributed by atoms with E-state index in [0.717, 1.165) is 12.8 Å². The van der Waals surface area contributed by atoms with E-state index in [2.05, 4.69) is 0 Å². The fraction of sp³-hybridized carbons (Fsp3) is 0.524. The van der Waals surface area contributed by atoms with Crippen molar-refractivity contribution in [1.82, 2.24) is 0 Å². The van der Waals surface area contributed by atoms with Gasteiger partial charge < -0.3 is 29.4 Å². The third-order valence-corrected chi connectivity index (χ3v) is 3.74. The standard InChI is InChI=1S/C21H29NO9/c1-5-6-9-27-21(26)28-12-13(2)29-20(25)17(22)10-16-7-8-18(30-14(3)23)19(11-16)31-15(4)24/h7-8,11,13,17H,5-6,9-10,12,22H2,1-4H3/t13-,17-/m0/s1. The van der Waals surface area contributed by atoms with E-state index in [1.807, 2.05) is 6.92 Å². The molecule has 10 heteroatoms. The van der Waals surface area contributed by atoms with Crippen LogP contribution in [0.25, 0.3) is 0 Å². The summed E-state index contributed by atoms with van der Waals surface area (Å²) in [6.07, 6.45) is 0.135. The Labute approximate surface area is 180 Å². The quantitative estimate of drug-likeness (QED) is 0.310. The molecule has 0 radical (unpaired) electrons. The van der Waals surface area contributed by atoms with Crippen LogP contribution in [0.15, 0.2) is 18.2 Å². The third-order valence-electron chi connectivity index (χ3n) is 3.74. The summed E-state index contributed by atoms with van der Waals surface area (Å²) in [6, 6.07) is 3.44. The molecular formula is C21H29NO9. The van der Waals surface area contributed by atoms with Gasteiger partial charge in [-0.1, -0.05) is 19.4 Å². The van der Waals surface area contributed by atoms with Crippen LogP contribution in [0, 0.1) is 0 Å². The van der Waals surface area contributed by atoms with Crippen molar-refractivity contribution in [2.45, 2.75) is 59.1 Å². The normalized spacial score (nSPS) is 12.3. The van der Waals surface area contributed by atoms with Gasteiger partial charge >= 0.3 is 24.1 Å². The number of nitrogens with two attached hydrogens (primary N) is 1. The van der Waals surface area contributed by atoms with E-state index < -0.39 is 36.2 Å². The molecule has 2 atom stereocenters. The Balaban J connectivity index is 2.61. The topological polar surface area (TPSA) is 140 Å². The lowest BCUT2D eigenvalue weighted by atomic mass is 10.1. The van der Waals surface area contributed by atoms with E-state index in [4.69, 9.17) is 29.4 Å². The Bertz CT molecular complexity index is 778. The monoisotopic (exact) mass is 439 g/mol. The molecule has 0 aliphatic rings.